The molecule has 1 aliphatic heterocycles. The zero-order valence-electron chi connectivity index (χ0n) is 16.6. The van der Waals surface area contributed by atoms with Gasteiger partial charge in [0.15, 0.2) is 6.29 Å². The molecule has 158 valence electrons. The molecule has 30 heavy (non-hydrogen) atoms. The zero-order chi connectivity index (χ0) is 21.0. The molecule has 0 radical (unpaired) electrons. The molecule has 1 fully saturated rings. The summed E-state index contributed by atoms with van der Waals surface area (Å²) in [6, 6.07) is 15.8. The van der Waals surface area contributed by atoms with Gasteiger partial charge in [0.2, 0.25) is 0 Å². The van der Waals surface area contributed by atoms with Crippen molar-refractivity contribution in [2.75, 3.05) is 13.2 Å². The van der Waals surface area contributed by atoms with Crippen LogP contribution in [0.25, 0.3) is 0 Å². The van der Waals surface area contributed by atoms with Crippen LogP contribution in [-0.4, -0.2) is 43.6 Å². The SMILES string of the molecule is C[C@@H](SC1COC(c2ccccc2)OC1)[C@](O)(Cn1cncn1)c1ccc(F)cc1. The van der Waals surface area contributed by atoms with E-state index >= 15 is 0 Å². The number of halogens is 1. The molecule has 6 nitrogen and oxygen atoms in total. The van der Waals surface area contributed by atoms with E-state index in [9.17, 15) is 9.50 Å². The monoisotopic (exact) mass is 429 g/mol. The first-order valence-corrected chi connectivity index (χ1v) is 10.7. The van der Waals surface area contributed by atoms with Crippen LogP contribution in [0, 0.1) is 5.82 Å². The molecule has 2 heterocycles. The number of aliphatic hydroxyl groups is 1. The van der Waals surface area contributed by atoms with Gasteiger partial charge in [0.05, 0.1) is 25.0 Å². The van der Waals surface area contributed by atoms with Gasteiger partial charge < -0.3 is 14.6 Å². The third kappa shape index (κ3) is 4.73. The summed E-state index contributed by atoms with van der Waals surface area (Å²) in [7, 11) is 0. The molecule has 2 aromatic carbocycles. The molecule has 1 aliphatic rings. The average Bonchev–Trinajstić information content (AvgIpc) is 3.28. The van der Waals surface area contributed by atoms with Gasteiger partial charge in [-0.3, -0.25) is 0 Å². The number of thioether (sulfide) groups is 1. The van der Waals surface area contributed by atoms with Crippen molar-refractivity contribution in [3.63, 3.8) is 0 Å². The molecule has 1 aromatic heterocycles. The highest BCUT2D eigenvalue weighted by molar-refractivity contribution is 8.00. The summed E-state index contributed by atoms with van der Waals surface area (Å²) in [5.74, 6) is -0.344. The Kier molecular flexibility index (Phi) is 6.48. The Balaban J connectivity index is 1.45. The van der Waals surface area contributed by atoms with Crippen LogP contribution in [0.5, 0.6) is 0 Å². The molecule has 4 rings (SSSR count). The van der Waals surface area contributed by atoms with Gasteiger partial charge in [-0.05, 0) is 17.7 Å². The lowest BCUT2D eigenvalue weighted by molar-refractivity contribution is -0.180. The summed E-state index contributed by atoms with van der Waals surface area (Å²) >= 11 is 1.59. The van der Waals surface area contributed by atoms with Gasteiger partial charge in [-0.2, -0.15) is 5.10 Å². The summed E-state index contributed by atoms with van der Waals surface area (Å²) in [6.07, 6.45) is 2.61. The summed E-state index contributed by atoms with van der Waals surface area (Å²) in [5.41, 5.74) is 0.338. The van der Waals surface area contributed by atoms with E-state index in [2.05, 4.69) is 10.1 Å². The van der Waals surface area contributed by atoms with E-state index in [0.29, 0.717) is 18.8 Å². The number of aromatic nitrogens is 3. The van der Waals surface area contributed by atoms with Gasteiger partial charge in [0.1, 0.15) is 24.1 Å². The van der Waals surface area contributed by atoms with E-state index in [0.717, 1.165) is 5.56 Å². The minimum atomic E-state index is -1.28. The van der Waals surface area contributed by atoms with Crippen LogP contribution in [0.1, 0.15) is 24.3 Å². The Morgan fingerprint density at radius 1 is 1.17 bits per heavy atom. The zero-order valence-corrected chi connectivity index (χ0v) is 17.4. The summed E-state index contributed by atoms with van der Waals surface area (Å²) < 4.78 is 26.9. The number of ether oxygens (including phenoxy) is 2. The Morgan fingerprint density at radius 2 is 1.87 bits per heavy atom. The lowest BCUT2D eigenvalue weighted by atomic mass is 9.90. The van der Waals surface area contributed by atoms with E-state index in [4.69, 9.17) is 9.47 Å². The van der Waals surface area contributed by atoms with E-state index in [1.807, 2.05) is 37.3 Å². The van der Waals surface area contributed by atoms with Gasteiger partial charge in [-0.1, -0.05) is 49.4 Å². The highest BCUT2D eigenvalue weighted by Gasteiger charge is 2.39. The van der Waals surface area contributed by atoms with Crippen molar-refractivity contribution < 1.29 is 19.0 Å². The van der Waals surface area contributed by atoms with E-state index in [1.165, 1.54) is 18.5 Å². The third-order valence-electron chi connectivity index (χ3n) is 5.22. The predicted octanol–water partition coefficient (Wildman–Crippen LogP) is 3.54. The van der Waals surface area contributed by atoms with Crippen molar-refractivity contribution in [1.82, 2.24) is 14.8 Å². The Hall–Kier alpha value is -2.26. The molecule has 1 N–H and O–H groups in total. The molecular weight excluding hydrogens is 405 g/mol. The van der Waals surface area contributed by atoms with Crippen LogP contribution < -0.4 is 0 Å². The van der Waals surface area contributed by atoms with Crippen LogP contribution in [0.2, 0.25) is 0 Å². The molecular formula is C22H24FN3O3S. The standard InChI is InChI=1S/C22H24FN3O3S/c1-16(30-20-11-28-21(29-12-20)17-5-3-2-4-6-17)22(27,13-26-15-24-14-25-26)18-7-9-19(23)10-8-18/h2-10,14-16,20-21,27H,11-13H2,1H3/t16-,20?,21?,22-/m1/s1. The number of benzene rings is 2. The second-order valence-corrected chi connectivity index (χ2v) is 8.98. The maximum atomic E-state index is 13.5. The van der Waals surface area contributed by atoms with Gasteiger partial charge in [0.25, 0.3) is 0 Å². The fourth-order valence-corrected chi connectivity index (χ4v) is 4.85. The van der Waals surface area contributed by atoms with Crippen molar-refractivity contribution in [3.8, 4) is 0 Å². The van der Waals surface area contributed by atoms with Gasteiger partial charge >= 0.3 is 0 Å². The Labute approximate surface area is 179 Å². The number of hydrogen-bond donors (Lipinski definition) is 1. The topological polar surface area (TPSA) is 69.4 Å². The lowest BCUT2D eigenvalue weighted by Crippen LogP contribution is -2.42. The van der Waals surface area contributed by atoms with Crippen molar-refractivity contribution in [3.05, 3.63) is 84.2 Å². The van der Waals surface area contributed by atoms with Crippen molar-refractivity contribution in [2.24, 2.45) is 0 Å². The minimum absolute atomic E-state index is 0.0580. The van der Waals surface area contributed by atoms with Gasteiger partial charge in [0, 0.05) is 10.8 Å². The summed E-state index contributed by atoms with van der Waals surface area (Å²) in [4.78, 5) is 3.96. The number of rotatable bonds is 7. The van der Waals surface area contributed by atoms with Gasteiger partial charge in [-0.25, -0.2) is 14.1 Å². The summed E-state index contributed by atoms with van der Waals surface area (Å²) in [6.45, 7) is 3.18. The maximum Gasteiger partial charge on any atom is 0.183 e. The van der Waals surface area contributed by atoms with E-state index in [-0.39, 0.29) is 29.2 Å². The predicted molar refractivity (Wildman–Crippen MR) is 112 cm³/mol. The molecule has 0 saturated carbocycles. The fraction of sp³-hybridized carbons (Fsp3) is 0.364. The third-order valence-corrected chi connectivity index (χ3v) is 6.68. The molecule has 0 unspecified atom stereocenters. The minimum Gasteiger partial charge on any atom is -0.382 e. The largest absolute Gasteiger partial charge is 0.382 e. The highest BCUT2D eigenvalue weighted by atomic mass is 32.2. The lowest BCUT2D eigenvalue weighted by Gasteiger charge is -2.37. The highest BCUT2D eigenvalue weighted by Crippen LogP contribution is 2.38. The van der Waals surface area contributed by atoms with Crippen LogP contribution in [0.15, 0.2) is 67.3 Å². The first-order valence-electron chi connectivity index (χ1n) is 9.79. The van der Waals surface area contributed by atoms with Gasteiger partial charge in [-0.15, -0.1) is 11.8 Å². The molecule has 8 heteroatoms. The second-order valence-electron chi connectivity index (χ2n) is 7.33. The van der Waals surface area contributed by atoms with Crippen LogP contribution in [0.4, 0.5) is 4.39 Å². The number of nitrogens with zero attached hydrogens (tertiary/aromatic N) is 3. The van der Waals surface area contributed by atoms with Crippen LogP contribution in [0.3, 0.4) is 0 Å². The molecule has 2 atom stereocenters. The fourth-order valence-electron chi connectivity index (χ4n) is 3.52. The van der Waals surface area contributed by atoms with E-state index < -0.39 is 5.60 Å². The molecule has 0 bridgehead atoms. The normalized spacial score (nSPS) is 22.4. The molecule has 0 aliphatic carbocycles. The molecule has 0 spiro atoms. The van der Waals surface area contributed by atoms with Crippen molar-refractivity contribution in [1.29, 1.82) is 0 Å². The molecule has 0 amide bonds. The first kappa shape index (κ1) is 21.0. The molecule has 3 aromatic rings. The average molecular weight is 430 g/mol. The maximum absolute atomic E-state index is 13.5. The molecule has 1 saturated heterocycles. The van der Waals surface area contributed by atoms with Crippen LogP contribution in [-0.2, 0) is 21.6 Å². The summed E-state index contributed by atoms with van der Waals surface area (Å²) in [5, 5.41) is 15.6. The second kappa shape index (κ2) is 9.26. The quantitative estimate of drug-likeness (QED) is 0.620. The van der Waals surface area contributed by atoms with Crippen LogP contribution >= 0.6 is 11.8 Å². The Bertz CT molecular complexity index is 919. The smallest absolute Gasteiger partial charge is 0.183 e. The number of hydrogen-bond acceptors (Lipinski definition) is 6. The van der Waals surface area contributed by atoms with Crippen molar-refractivity contribution >= 4 is 11.8 Å². The van der Waals surface area contributed by atoms with E-state index in [1.54, 1.807) is 34.9 Å². The van der Waals surface area contributed by atoms with Crippen molar-refractivity contribution in [2.45, 2.75) is 35.9 Å². The first-order chi connectivity index (χ1) is 14.5. The Morgan fingerprint density at radius 3 is 2.50 bits per heavy atom.